The van der Waals surface area contributed by atoms with Crippen LogP contribution in [0.15, 0.2) is 48.5 Å². The van der Waals surface area contributed by atoms with Crippen LogP contribution in [0, 0.1) is 11.6 Å². The molecule has 0 aliphatic rings. The first-order chi connectivity index (χ1) is 13.7. The highest BCUT2D eigenvalue weighted by molar-refractivity contribution is 5.99. The Morgan fingerprint density at radius 3 is 2.31 bits per heavy atom. The fourth-order valence-corrected chi connectivity index (χ4v) is 2.81. The van der Waals surface area contributed by atoms with Gasteiger partial charge in [-0.05, 0) is 48.4 Å². The molecule has 0 atom stereocenters. The minimum absolute atomic E-state index is 0.253. The van der Waals surface area contributed by atoms with E-state index in [9.17, 15) is 13.6 Å². The van der Waals surface area contributed by atoms with Crippen LogP contribution in [0.3, 0.4) is 0 Å². The number of nitrogens with one attached hydrogen (secondary N) is 2. The number of hydrogen-bond donors (Lipinski definition) is 2. The second kappa shape index (κ2) is 8.03. The average Bonchev–Trinajstić information content (AvgIpc) is 3.06. The van der Waals surface area contributed by atoms with Crippen molar-refractivity contribution < 1.29 is 13.6 Å². The molecule has 5 nitrogen and oxygen atoms in total. The summed E-state index contributed by atoms with van der Waals surface area (Å²) in [4.78, 5) is 12.5. The Balaban J connectivity index is 1.87. The first-order valence-electron chi connectivity index (χ1n) is 9.40. The zero-order valence-corrected chi connectivity index (χ0v) is 16.9. The number of anilines is 2. The summed E-state index contributed by atoms with van der Waals surface area (Å²) < 4.78 is 28.8. The monoisotopic (exact) mass is 398 g/mol. The zero-order valence-electron chi connectivity index (χ0n) is 16.9. The van der Waals surface area contributed by atoms with Gasteiger partial charge in [-0.25, -0.2) is 18.3 Å². The average molecular weight is 398 g/mol. The van der Waals surface area contributed by atoms with Crippen molar-refractivity contribution in [1.82, 2.24) is 9.78 Å². The van der Waals surface area contributed by atoms with Gasteiger partial charge in [0.15, 0.2) is 0 Å². The number of amides is 2. The topological polar surface area (TPSA) is 59.0 Å². The number of aryl methyl sites for hydroxylation is 1. The van der Waals surface area contributed by atoms with Crippen LogP contribution in [0.25, 0.3) is 5.69 Å². The lowest BCUT2D eigenvalue weighted by molar-refractivity contribution is 0.262. The summed E-state index contributed by atoms with van der Waals surface area (Å²) in [5, 5.41) is 9.94. The van der Waals surface area contributed by atoms with Crippen LogP contribution in [0.5, 0.6) is 0 Å². The molecule has 0 fully saturated rings. The number of benzene rings is 2. The molecule has 0 radical (unpaired) electrons. The van der Waals surface area contributed by atoms with Gasteiger partial charge in [0.1, 0.15) is 17.5 Å². The first-order valence-corrected chi connectivity index (χ1v) is 9.40. The standard InChI is InChI=1S/C22H24F2N4O/c1-5-14-6-9-16(12-18(14)24)25-21(29)26-20-13-19(22(2,3)4)27-28(20)17-10-7-15(23)8-11-17/h6-13H,5H2,1-4H3,(H2,25,26,29). The fourth-order valence-electron chi connectivity index (χ4n) is 2.81. The SMILES string of the molecule is CCc1ccc(NC(=O)Nc2cc(C(C)(C)C)nn2-c2ccc(F)cc2)cc1F. The molecule has 3 aromatic rings. The van der Waals surface area contributed by atoms with E-state index in [1.165, 1.54) is 18.2 Å². The molecule has 0 spiro atoms. The minimum Gasteiger partial charge on any atom is -0.308 e. The zero-order chi connectivity index (χ0) is 21.2. The second-order valence-electron chi connectivity index (χ2n) is 7.79. The van der Waals surface area contributed by atoms with Crippen LogP contribution in [-0.2, 0) is 11.8 Å². The Hall–Kier alpha value is -3.22. The van der Waals surface area contributed by atoms with E-state index in [4.69, 9.17) is 0 Å². The van der Waals surface area contributed by atoms with E-state index in [1.54, 1.807) is 35.0 Å². The molecular weight excluding hydrogens is 374 g/mol. The van der Waals surface area contributed by atoms with E-state index >= 15 is 0 Å². The molecular formula is C22H24F2N4O. The molecule has 3 rings (SSSR count). The van der Waals surface area contributed by atoms with Crippen LogP contribution < -0.4 is 10.6 Å². The Morgan fingerprint density at radius 2 is 1.72 bits per heavy atom. The quantitative estimate of drug-likeness (QED) is 0.596. The van der Waals surface area contributed by atoms with Gasteiger partial charge in [0.05, 0.1) is 11.4 Å². The third kappa shape index (κ3) is 4.80. The van der Waals surface area contributed by atoms with Crippen molar-refractivity contribution in [3.8, 4) is 5.69 Å². The van der Waals surface area contributed by atoms with Crippen molar-refractivity contribution in [3.05, 3.63) is 71.4 Å². The van der Waals surface area contributed by atoms with Gasteiger partial charge < -0.3 is 5.32 Å². The summed E-state index contributed by atoms with van der Waals surface area (Å²) in [6.07, 6.45) is 0.574. The van der Waals surface area contributed by atoms with E-state index < -0.39 is 6.03 Å². The number of carbonyl (C=O) groups is 1. The van der Waals surface area contributed by atoms with E-state index in [0.29, 0.717) is 29.2 Å². The first kappa shape index (κ1) is 20.5. The van der Waals surface area contributed by atoms with Gasteiger partial charge in [-0.15, -0.1) is 0 Å². The fraction of sp³-hybridized carbons (Fsp3) is 0.273. The maximum absolute atomic E-state index is 14.0. The Morgan fingerprint density at radius 1 is 1.03 bits per heavy atom. The molecule has 152 valence electrons. The number of rotatable bonds is 4. The van der Waals surface area contributed by atoms with Crippen molar-refractivity contribution >= 4 is 17.5 Å². The summed E-state index contributed by atoms with van der Waals surface area (Å²) in [6.45, 7) is 7.88. The molecule has 2 amide bonds. The number of carbonyl (C=O) groups excluding carboxylic acids is 1. The Bertz CT molecular complexity index is 1020. The van der Waals surface area contributed by atoms with Gasteiger partial charge in [-0.3, -0.25) is 5.32 Å². The van der Waals surface area contributed by atoms with Crippen molar-refractivity contribution in [2.75, 3.05) is 10.6 Å². The summed E-state index contributed by atoms with van der Waals surface area (Å²) >= 11 is 0. The number of aromatic nitrogens is 2. The second-order valence-corrected chi connectivity index (χ2v) is 7.79. The highest BCUT2D eigenvalue weighted by Gasteiger charge is 2.21. The molecule has 29 heavy (non-hydrogen) atoms. The third-order valence-electron chi connectivity index (χ3n) is 4.48. The molecule has 0 bridgehead atoms. The third-order valence-corrected chi connectivity index (χ3v) is 4.48. The van der Waals surface area contributed by atoms with Gasteiger partial charge in [0.2, 0.25) is 0 Å². The van der Waals surface area contributed by atoms with Crippen LogP contribution >= 0.6 is 0 Å². The van der Waals surface area contributed by atoms with Crippen molar-refractivity contribution in [2.45, 2.75) is 39.5 Å². The maximum Gasteiger partial charge on any atom is 0.324 e. The van der Waals surface area contributed by atoms with E-state index in [0.717, 1.165) is 5.69 Å². The lowest BCUT2D eigenvalue weighted by Crippen LogP contribution is -2.21. The van der Waals surface area contributed by atoms with Crippen LogP contribution in [0.2, 0.25) is 0 Å². The Labute approximate surface area is 168 Å². The van der Waals surface area contributed by atoms with Crippen molar-refractivity contribution in [1.29, 1.82) is 0 Å². The van der Waals surface area contributed by atoms with Gasteiger partial charge in [-0.1, -0.05) is 33.8 Å². The highest BCUT2D eigenvalue weighted by atomic mass is 19.1. The van der Waals surface area contributed by atoms with Crippen LogP contribution in [0.4, 0.5) is 25.1 Å². The molecule has 7 heteroatoms. The number of nitrogens with zero attached hydrogens (tertiary/aromatic N) is 2. The molecule has 1 aromatic heterocycles. The van der Waals surface area contributed by atoms with Crippen LogP contribution in [-0.4, -0.2) is 15.8 Å². The maximum atomic E-state index is 14.0. The van der Waals surface area contributed by atoms with Gasteiger partial charge in [0, 0.05) is 17.2 Å². The summed E-state index contributed by atoms with van der Waals surface area (Å²) in [7, 11) is 0. The number of halogens is 2. The number of hydrogen-bond acceptors (Lipinski definition) is 2. The van der Waals surface area contributed by atoms with Gasteiger partial charge in [0.25, 0.3) is 0 Å². The molecule has 1 heterocycles. The summed E-state index contributed by atoms with van der Waals surface area (Å²) in [5.74, 6) is -0.303. The van der Waals surface area contributed by atoms with Crippen molar-refractivity contribution in [2.24, 2.45) is 0 Å². The van der Waals surface area contributed by atoms with Crippen LogP contribution in [0.1, 0.15) is 39.0 Å². The van der Waals surface area contributed by atoms with Gasteiger partial charge in [-0.2, -0.15) is 5.10 Å². The molecule has 0 aliphatic carbocycles. The number of urea groups is 1. The Kier molecular flexibility index (Phi) is 5.68. The minimum atomic E-state index is -0.530. The molecule has 0 saturated heterocycles. The molecule has 0 aliphatic heterocycles. The normalized spacial score (nSPS) is 11.4. The summed E-state index contributed by atoms with van der Waals surface area (Å²) in [5.41, 5.74) is 2.05. The molecule has 0 saturated carbocycles. The van der Waals surface area contributed by atoms with E-state index in [1.807, 2.05) is 27.7 Å². The smallest absolute Gasteiger partial charge is 0.308 e. The largest absolute Gasteiger partial charge is 0.324 e. The molecule has 0 unspecified atom stereocenters. The lowest BCUT2D eigenvalue weighted by atomic mass is 9.92. The molecule has 2 N–H and O–H groups in total. The predicted octanol–water partition coefficient (Wildman–Crippen LogP) is 5.65. The van der Waals surface area contributed by atoms with Crippen molar-refractivity contribution in [3.63, 3.8) is 0 Å². The predicted molar refractivity (Wildman–Crippen MR) is 111 cm³/mol. The van der Waals surface area contributed by atoms with Gasteiger partial charge >= 0.3 is 6.03 Å². The molecule has 2 aromatic carbocycles. The lowest BCUT2D eigenvalue weighted by Gasteiger charge is -2.14. The highest BCUT2D eigenvalue weighted by Crippen LogP contribution is 2.26. The van der Waals surface area contributed by atoms with E-state index in [-0.39, 0.29) is 17.0 Å². The van der Waals surface area contributed by atoms with E-state index in [2.05, 4.69) is 15.7 Å². The summed E-state index contributed by atoms with van der Waals surface area (Å²) in [6, 6.07) is 11.6.